The normalized spacial score (nSPS) is 11.5. The topological polar surface area (TPSA) is 46.2 Å². The summed E-state index contributed by atoms with van der Waals surface area (Å²) in [5.74, 6) is -4.69. The molecule has 2 aromatic rings. The third-order valence-corrected chi connectivity index (χ3v) is 4.78. The molecule has 0 aromatic heterocycles. The first kappa shape index (κ1) is 16.1. The first-order valence-corrected chi connectivity index (χ1v) is 7.98. The Bertz CT molecular complexity index is 791. The molecule has 0 radical (unpaired) electrons. The number of rotatable bonds is 3. The predicted molar refractivity (Wildman–Crippen MR) is 76.3 cm³/mol. The first-order chi connectivity index (χ1) is 9.70. The van der Waals surface area contributed by atoms with Crippen LogP contribution in [0.25, 0.3) is 0 Å². The molecule has 2 rings (SSSR count). The minimum absolute atomic E-state index is 0.0834. The Labute approximate surface area is 131 Å². The van der Waals surface area contributed by atoms with E-state index in [9.17, 15) is 21.6 Å². The number of nitrogens with one attached hydrogen (secondary N) is 1. The van der Waals surface area contributed by atoms with Gasteiger partial charge in [0.1, 0.15) is 4.90 Å². The van der Waals surface area contributed by atoms with E-state index in [0.29, 0.717) is 16.6 Å². The van der Waals surface area contributed by atoms with Crippen molar-refractivity contribution in [1.29, 1.82) is 0 Å². The molecule has 21 heavy (non-hydrogen) atoms. The molecule has 0 aliphatic heterocycles. The van der Waals surface area contributed by atoms with Crippen LogP contribution in [0.5, 0.6) is 0 Å². The van der Waals surface area contributed by atoms with E-state index in [1.165, 1.54) is 18.2 Å². The summed E-state index contributed by atoms with van der Waals surface area (Å²) in [7, 11) is -4.17. The van der Waals surface area contributed by atoms with Gasteiger partial charge in [0.05, 0.1) is 10.7 Å². The molecule has 0 atom stereocenters. The second-order valence-electron chi connectivity index (χ2n) is 3.93. The second kappa shape index (κ2) is 5.86. The van der Waals surface area contributed by atoms with Gasteiger partial charge < -0.3 is 0 Å². The van der Waals surface area contributed by atoms with E-state index in [4.69, 9.17) is 11.6 Å². The lowest BCUT2D eigenvalue weighted by Gasteiger charge is -2.10. The van der Waals surface area contributed by atoms with Crippen molar-refractivity contribution >= 4 is 43.2 Å². The third kappa shape index (κ3) is 3.50. The van der Waals surface area contributed by atoms with Gasteiger partial charge in [-0.25, -0.2) is 21.6 Å². The fourth-order valence-electron chi connectivity index (χ4n) is 1.52. The van der Waals surface area contributed by atoms with Crippen molar-refractivity contribution in [2.45, 2.75) is 4.90 Å². The van der Waals surface area contributed by atoms with Crippen LogP contribution >= 0.6 is 27.5 Å². The average molecular weight is 401 g/mol. The zero-order valence-electron chi connectivity index (χ0n) is 10.0. The smallest absolute Gasteiger partial charge is 0.263 e. The molecule has 0 unspecified atom stereocenters. The number of sulfonamides is 1. The Kier molecular flexibility index (Phi) is 4.50. The van der Waals surface area contributed by atoms with Gasteiger partial charge in [-0.05, 0) is 18.2 Å². The summed E-state index contributed by atoms with van der Waals surface area (Å²) in [6.45, 7) is 0. The van der Waals surface area contributed by atoms with Gasteiger partial charge in [0.25, 0.3) is 10.0 Å². The molecule has 1 N–H and O–H groups in total. The zero-order chi connectivity index (χ0) is 15.8. The number of halogens is 5. The van der Waals surface area contributed by atoms with Crippen LogP contribution < -0.4 is 4.72 Å². The molecule has 0 aliphatic carbocycles. The van der Waals surface area contributed by atoms with Crippen molar-refractivity contribution in [2.24, 2.45) is 0 Å². The maximum Gasteiger partial charge on any atom is 0.263 e. The highest BCUT2D eigenvalue weighted by Gasteiger charge is 2.20. The summed E-state index contributed by atoms with van der Waals surface area (Å²) in [6, 6.07) is 5.06. The van der Waals surface area contributed by atoms with Crippen LogP contribution in [0.2, 0.25) is 5.02 Å². The van der Waals surface area contributed by atoms with E-state index in [2.05, 4.69) is 15.9 Å². The molecular formula is C12H6BrClF3NO2S. The van der Waals surface area contributed by atoms with Crippen molar-refractivity contribution in [1.82, 2.24) is 0 Å². The van der Waals surface area contributed by atoms with E-state index in [-0.39, 0.29) is 9.92 Å². The molecule has 0 fully saturated rings. The van der Waals surface area contributed by atoms with Crippen molar-refractivity contribution in [3.63, 3.8) is 0 Å². The molecule has 112 valence electrons. The molecule has 0 aliphatic rings. The van der Waals surface area contributed by atoms with Gasteiger partial charge in [-0.3, -0.25) is 4.72 Å². The molecule has 0 amide bonds. The summed E-state index contributed by atoms with van der Waals surface area (Å²) in [6.07, 6.45) is 0. The lowest BCUT2D eigenvalue weighted by Crippen LogP contribution is -2.14. The quantitative estimate of drug-likeness (QED) is 0.780. The fraction of sp³-hybridized carbons (Fsp3) is 0. The SMILES string of the molecule is O=S(=O)(Nc1cc(F)c(F)c(F)c1)c1ccc(Br)cc1Cl. The largest absolute Gasteiger partial charge is 0.279 e. The number of hydrogen-bond donors (Lipinski definition) is 1. The first-order valence-electron chi connectivity index (χ1n) is 5.33. The van der Waals surface area contributed by atoms with Gasteiger partial charge in [0, 0.05) is 16.6 Å². The summed E-state index contributed by atoms with van der Waals surface area (Å²) >= 11 is 8.93. The van der Waals surface area contributed by atoms with E-state index in [1.54, 1.807) is 0 Å². The highest BCUT2D eigenvalue weighted by Crippen LogP contribution is 2.27. The Morgan fingerprint density at radius 3 is 2.14 bits per heavy atom. The molecule has 2 aromatic carbocycles. The predicted octanol–water partition coefficient (Wildman–Crippen LogP) is 4.32. The molecule has 0 heterocycles. The van der Waals surface area contributed by atoms with Gasteiger partial charge in [0.2, 0.25) is 0 Å². The van der Waals surface area contributed by atoms with E-state index < -0.39 is 33.2 Å². The maximum absolute atomic E-state index is 13.1. The van der Waals surface area contributed by atoms with E-state index >= 15 is 0 Å². The molecule has 0 saturated carbocycles. The lowest BCUT2D eigenvalue weighted by molar-refractivity contribution is 0.448. The van der Waals surface area contributed by atoms with Gasteiger partial charge >= 0.3 is 0 Å². The zero-order valence-corrected chi connectivity index (χ0v) is 13.2. The van der Waals surface area contributed by atoms with Crippen LogP contribution in [0.1, 0.15) is 0 Å². The molecule has 9 heteroatoms. The van der Waals surface area contributed by atoms with Crippen LogP contribution in [0, 0.1) is 17.5 Å². The van der Waals surface area contributed by atoms with Crippen LogP contribution in [0.3, 0.4) is 0 Å². The summed E-state index contributed by atoms with van der Waals surface area (Å²) in [5, 5.41) is -0.0834. The van der Waals surface area contributed by atoms with Gasteiger partial charge in [-0.1, -0.05) is 27.5 Å². The lowest BCUT2D eigenvalue weighted by atomic mass is 10.3. The maximum atomic E-state index is 13.1. The van der Waals surface area contributed by atoms with Crippen LogP contribution in [-0.4, -0.2) is 8.42 Å². The van der Waals surface area contributed by atoms with Crippen LogP contribution in [0.15, 0.2) is 39.7 Å². The van der Waals surface area contributed by atoms with Crippen molar-refractivity contribution in [2.75, 3.05) is 4.72 Å². The Morgan fingerprint density at radius 2 is 1.62 bits per heavy atom. The third-order valence-electron chi connectivity index (χ3n) is 2.42. The molecular weight excluding hydrogens is 395 g/mol. The van der Waals surface area contributed by atoms with Crippen molar-refractivity contribution in [3.8, 4) is 0 Å². The van der Waals surface area contributed by atoms with Gasteiger partial charge in [-0.15, -0.1) is 0 Å². The highest BCUT2D eigenvalue weighted by atomic mass is 79.9. The standard InChI is InChI=1S/C12H6BrClF3NO2S/c13-6-1-2-11(8(14)3-6)21(19,20)18-7-4-9(15)12(17)10(16)5-7/h1-5,18H. The average Bonchev–Trinajstić information content (AvgIpc) is 2.34. The molecule has 0 spiro atoms. The summed E-state index contributed by atoms with van der Waals surface area (Å²) < 4.78 is 65.6. The minimum atomic E-state index is -4.17. The Morgan fingerprint density at radius 1 is 1.05 bits per heavy atom. The van der Waals surface area contributed by atoms with Gasteiger partial charge in [-0.2, -0.15) is 0 Å². The summed E-state index contributed by atoms with van der Waals surface area (Å²) in [4.78, 5) is -0.280. The molecule has 0 bridgehead atoms. The number of benzene rings is 2. The monoisotopic (exact) mass is 399 g/mol. The Hall–Kier alpha value is -1.25. The number of anilines is 1. The highest BCUT2D eigenvalue weighted by molar-refractivity contribution is 9.10. The molecule has 0 saturated heterocycles. The molecule has 3 nitrogen and oxygen atoms in total. The fourth-order valence-corrected chi connectivity index (χ4v) is 3.60. The van der Waals surface area contributed by atoms with Crippen LogP contribution in [0.4, 0.5) is 18.9 Å². The van der Waals surface area contributed by atoms with E-state index in [0.717, 1.165) is 0 Å². The summed E-state index contributed by atoms with van der Waals surface area (Å²) in [5.41, 5.74) is -0.453. The van der Waals surface area contributed by atoms with Gasteiger partial charge in [0.15, 0.2) is 17.5 Å². The van der Waals surface area contributed by atoms with Crippen LogP contribution in [-0.2, 0) is 10.0 Å². The second-order valence-corrected chi connectivity index (χ2v) is 6.91. The minimum Gasteiger partial charge on any atom is -0.279 e. The Balaban J connectivity index is 2.42. The number of hydrogen-bond acceptors (Lipinski definition) is 2. The van der Waals surface area contributed by atoms with Crippen molar-refractivity contribution < 1.29 is 21.6 Å². The van der Waals surface area contributed by atoms with E-state index in [1.807, 2.05) is 4.72 Å². The van der Waals surface area contributed by atoms with Crippen molar-refractivity contribution in [3.05, 3.63) is 57.3 Å².